The molecule has 1 aliphatic rings. The standard InChI is InChI=1S/C30H35N5O6S/c1-20-16-23(22-10-4-3-5-11-22)17-21(2)28(20)42(39,40)35-26(30(37)38)19-33-29(36)25-18-24(41-34-25)12-6-8-14-31-27-13-7-9-15-32-27/h3-5,7,9-11,13,15-17,24,26,35H,6,8,12,14,18-19H2,1-2H3,(H,31,32)(H,33,36)(H,37,38)/t24?,26-/m0/s1. The number of carbonyl (C=O) groups is 2. The number of carbonyl (C=O) groups excluding carboxylic acids is 1. The van der Waals surface area contributed by atoms with Crippen LogP contribution in [-0.2, 0) is 24.4 Å². The molecule has 3 aromatic rings. The number of sulfonamides is 1. The van der Waals surface area contributed by atoms with E-state index in [9.17, 15) is 23.1 Å². The predicted octanol–water partition coefficient (Wildman–Crippen LogP) is 3.64. The summed E-state index contributed by atoms with van der Waals surface area (Å²) in [6, 6.07) is 17.1. The van der Waals surface area contributed by atoms with Crippen molar-refractivity contribution in [3.05, 3.63) is 78.0 Å². The lowest BCUT2D eigenvalue weighted by Crippen LogP contribution is -2.49. The fraction of sp³-hybridized carbons (Fsp3) is 0.333. The van der Waals surface area contributed by atoms with Crippen LogP contribution in [0, 0.1) is 13.8 Å². The van der Waals surface area contributed by atoms with Gasteiger partial charge in [-0.3, -0.25) is 9.59 Å². The van der Waals surface area contributed by atoms with Gasteiger partial charge in [-0.1, -0.05) is 53.7 Å². The molecular formula is C30H35N5O6S. The minimum atomic E-state index is -4.22. The molecule has 222 valence electrons. The zero-order valence-corrected chi connectivity index (χ0v) is 24.4. The average Bonchev–Trinajstić information content (AvgIpc) is 3.44. The van der Waals surface area contributed by atoms with E-state index in [-0.39, 0.29) is 23.1 Å². The first-order valence-electron chi connectivity index (χ1n) is 13.7. The number of hydrogen-bond donors (Lipinski definition) is 4. The molecule has 0 fully saturated rings. The van der Waals surface area contributed by atoms with Gasteiger partial charge in [-0.25, -0.2) is 13.4 Å². The number of unbranched alkanes of at least 4 members (excludes halogenated alkanes) is 1. The third-order valence-electron chi connectivity index (χ3n) is 6.82. The SMILES string of the molecule is Cc1cc(-c2ccccc2)cc(C)c1S(=O)(=O)N[C@@H](CNC(=O)C1=NOC(CCCCNc2ccccn2)C1)C(=O)O. The first kappa shape index (κ1) is 30.7. The third kappa shape index (κ3) is 8.14. The average molecular weight is 594 g/mol. The number of anilines is 1. The number of aryl methyl sites for hydroxylation is 2. The molecule has 0 bridgehead atoms. The molecule has 0 saturated heterocycles. The van der Waals surface area contributed by atoms with Crippen LogP contribution in [0.4, 0.5) is 5.82 Å². The molecule has 1 aromatic heterocycles. The molecule has 4 N–H and O–H groups in total. The molecule has 12 heteroatoms. The van der Waals surface area contributed by atoms with Gasteiger partial charge in [0.25, 0.3) is 5.91 Å². The summed E-state index contributed by atoms with van der Waals surface area (Å²) in [5.74, 6) is -1.21. The van der Waals surface area contributed by atoms with E-state index in [2.05, 4.69) is 25.5 Å². The Hall–Kier alpha value is -4.29. The summed E-state index contributed by atoms with van der Waals surface area (Å²) in [7, 11) is -4.22. The van der Waals surface area contributed by atoms with Crippen LogP contribution in [0.3, 0.4) is 0 Å². The normalized spacial score (nSPS) is 15.4. The van der Waals surface area contributed by atoms with Gasteiger partial charge in [-0.2, -0.15) is 4.72 Å². The zero-order valence-electron chi connectivity index (χ0n) is 23.5. The van der Waals surface area contributed by atoms with Crippen molar-refractivity contribution in [2.45, 2.75) is 56.6 Å². The fourth-order valence-corrected chi connectivity index (χ4v) is 6.43. The molecular weight excluding hydrogens is 558 g/mol. The topological polar surface area (TPSA) is 159 Å². The Morgan fingerprint density at radius 3 is 2.40 bits per heavy atom. The maximum absolute atomic E-state index is 13.3. The van der Waals surface area contributed by atoms with Gasteiger partial charge in [0.05, 0.1) is 4.90 Å². The van der Waals surface area contributed by atoms with E-state index in [1.165, 1.54) is 0 Å². The van der Waals surface area contributed by atoms with E-state index in [4.69, 9.17) is 4.84 Å². The van der Waals surface area contributed by atoms with Crippen molar-refractivity contribution in [3.8, 4) is 11.1 Å². The van der Waals surface area contributed by atoms with Crippen LogP contribution in [0.2, 0.25) is 0 Å². The van der Waals surface area contributed by atoms with Crippen LogP contribution in [0.1, 0.15) is 36.8 Å². The Bertz CT molecular complexity index is 1510. The number of rotatable bonds is 14. The molecule has 1 amide bonds. The van der Waals surface area contributed by atoms with Crippen molar-refractivity contribution in [1.82, 2.24) is 15.0 Å². The van der Waals surface area contributed by atoms with E-state index in [0.29, 0.717) is 17.5 Å². The van der Waals surface area contributed by atoms with E-state index in [1.54, 1.807) is 32.2 Å². The Kier molecular flexibility index (Phi) is 10.3. The summed E-state index contributed by atoms with van der Waals surface area (Å²) in [6.07, 6.45) is 4.19. The lowest BCUT2D eigenvalue weighted by Gasteiger charge is -2.18. The number of carboxylic acids is 1. The number of benzene rings is 2. The Balaban J connectivity index is 1.27. The molecule has 0 spiro atoms. The molecule has 2 heterocycles. The molecule has 0 aliphatic carbocycles. The number of oxime groups is 1. The summed E-state index contributed by atoms with van der Waals surface area (Å²) in [6.45, 7) is 3.62. The van der Waals surface area contributed by atoms with Crippen LogP contribution < -0.4 is 15.4 Å². The van der Waals surface area contributed by atoms with Crippen LogP contribution in [-0.4, -0.2) is 61.3 Å². The number of amides is 1. The van der Waals surface area contributed by atoms with Gasteiger partial charge in [0.1, 0.15) is 23.7 Å². The highest BCUT2D eigenvalue weighted by molar-refractivity contribution is 7.89. The molecule has 1 unspecified atom stereocenters. The minimum Gasteiger partial charge on any atom is -0.480 e. The lowest BCUT2D eigenvalue weighted by atomic mass is 10.0. The van der Waals surface area contributed by atoms with Gasteiger partial charge < -0.3 is 20.6 Å². The van der Waals surface area contributed by atoms with Crippen LogP contribution >= 0.6 is 0 Å². The van der Waals surface area contributed by atoms with Crippen LogP contribution in [0.25, 0.3) is 11.1 Å². The molecule has 2 atom stereocenters. The molecule has 42 heavy (non-hydrogen) atoms. The number of aliphatic carboxylic acids is 1. The summed E-state index contributed by atoms with van der Waals surface area (Å²) < 4.78 is 28.8. The second-order valence-electron chi connectivity index (χ2n) is 10.1. The number of nitrogens with one attached hydrogen (secondary N) is 3. The molecule has 4 rings (SSSR count). The number of nitrogens with zero attached hydrogens (tertiary/aromatic N) is 2. The minimum absolute atomic E-state index is 0.00592. The Labute approximate surface area is 245 Å². The van der Waals surface area contributed by atoms with Gasteiger partial charge in [0.15, 0.2) is 0 Å². The highest BCUT2D eigenvalue weighted by atomic mass is 32.2. The summed E-state index contributed by atoms with van der Waals surface area (Å²) in [5, 5.41) is 19.3. The van der Waals surface area contributed by atoms with E-state index >= 15 is 0 Å². The van der Waals surface area contributed by atoms with Crippen LogP contribution in [0.15, 0.2) is 76.9 Å². The first-order chi connectivity index (χ1) is 20.1. The monoisotopic (exact) mass is 593 g/mol. The molecule has 11 nitrogen and oxygen atoms in total. The van der Waals surface area contributed by atoms with E-state index in [1.807, 2.05) is 48.5 Å². The molecule has 0 saturated carbocycles. The van der Waals surface area contributed by atoms with Crippen molar-refractivity contribution in [1.29, 1.82) is 0 Å². The third-order valence-corrected chi connectivity index (χ3v) is 8.59. The highest BCUT2D eigenvalue weighted by Gasteiger charge is 2.30. The number of aromatic nitrogens is 1. The maximum Gasteiger partial charge on any atom is 0.323 e. The molecule has 0 radical (unpaired) electrons. The second-order valence-corrected chi connectivity index (χ2v) is 11.8. The Morgan fingerprint density at radius 1 is 1.02 bits per heavy atom. The van der Waals surface area contributed by atoms with E-state index < -0.39 is 34.5 Å². The summed E-state index contributed by atoms with van der Waals surface area (Å²) in [5.41, 5.74) is 2.88. The smallest absolute Gasteiger partial charge is 0.323 e. The zero-order chi connectivity index (χ0) is 30.1. The second kappa shape index (κ2) is 14.1. The lowest BCUT2D eigenvalue weighted by molar-refractivity contribution is -0.138. The summed E-state index contributed by atoms with van der Waals surface area (Å²) >= 11 is 0. The van der Waals surface area contributed by atoms with Gasteiger partial charge in [-0.15, -0.1) is 0 Å². The van der Waals surface area contributed by atoms with Gasteiger partial charge >= 0.3 is 5.97 Å². The van der Waals surface area contributed by atoms with Gasteiger partial charge in [-0.05, 0) is 67.5 Å². The first-order valence-corrected chi connectivity index (χ1v) is 15.2. The number of hydrogen-bond acceptors (Lipinski definition) is 8. The highest BCUT2D eigenvalue weighted by Crippen LogP contribution is 2.28. The quantitative estimate of drug-likeness (QED) is 0.206. The molecule has 2 aromatic carbocycles. The number of pyridine rings is 1. The van der Waals surface area contributed by atoms with E-state index in [0.717, 1.165) is 36.3 Å². The van der Waals surface area contributed by atoms with Gasteiger partial charge in [0.2, 0.25) is 10.0 Å². The Morgan fingerprint density at radius 2 is 1.74 bits per heavy atom. The fourth-order valence-electron chi connectivity index (χ4n) is 4.79. The van der Waals surface area contributed by atoms with Gasteiger partial charge in [0, 0.05) is 25.7 Å². The van der Waals surface area contributed by atoms with Crippen molar-refractivity contribution < 1.29 is 28.0 Å². The summed E-state index contributed by atoms with van der Waals surface area (Å²) in [4.78, 5) is 34.2. The van der Waals surface area contributed by atoms with Crippen molar-refractivity contribution in [2.24, 2.45) is 5.16 Å². The van der Waals surface area contributed by atoms with Crippen LogP contribution in [0.5, 0.6) is 0 Å². The number of carboxylic acid groups (broad SMARTS) is 1. The predicted molar refractivity (Wildman–Crippen MR) is 160 cm³/mol. The van der Waals surface area contributed by atoms with Crippen molar-refractivity contribution in [2.75, 3.05) is 18.4 Å². The largest absolute Gasteiger partial charge is 0.480 e. The molecule has 1 aliphatic heterocycles. The maximum atomic E-state index is 13.3. The van der Waals surface area contributed by atoms with Crippen molar-refractivity contribution >= 4 is 33.4 Å². The van der Waals surface area contributed by atoms with Crippen molar-refractivity contribution in [3.63, 3.8) is 0 Å².